The maximum atomic E-state index is 11.1. The van der Waals surface area contributed by atoms with Gasteiger partial charge >= 0.3 is 6.09 Å². The van der Waals surface area contributed by atoms with Crippen molar-refractivity contribution in [2.45, 2.75) is 13.0 Å². The average molecular weight is 174 g/mol. The monoisotopic (exact) mass is 174 g/mol. The second-order valence-corrected chi connectivity index (χ2v) is 2.35. The van der Waals surface area contributed by atoms with Gasteiger partial charge in [-0.25, -0.2) is 9.86 Å². The van der Waals surface area contributed by atoms with Gasteiger partial charge in [0.15, 0.2) is 0 Å². The summed E-state index contributed by atoms with van der Waals surface area (Å²) in [5, 5.41) is 11.7. The molecule has 0 aromatic rings. The van der Waals surface area contributed by atoms with Crippen LogP contribution in [0.15, 0.2) is 0 Å². The van der Waals surface area contributed by atoms with E-state index in [-0.39, 0.29) is 13.2 Å². The minimum absolute atomic E-state index is 0.0191. The van der Waals surface area contributed by atoms with Crippen LogP contribution in [-0.4, -0.2) is 41.5 Å². The van der Waals surface area contributed by atoms with Crippen LogP contribution in [0.25, 0.3) is 0 Å². The van der Waals surface area contributed by atoms with Crippen LogP contribution in [0.1, 0.15) is 6.92 Å². The lowest BCUT2D eigenvalue weighted by atomic mass is 10.3. The van der Waals surface area contributed by atoms with Crippen LogP contribution in [0.4, 0.5) is 4.79 Å². The summed E-state index contributed by atoms with van der Waals surface area (Å²) in [5.74, 6) is -0.552. The fraction of sp³-hybridized carbons (Fsp3) is 0.667. The first kappa shape index (κ1) is 8.79. The van der Waals surface area contributed by atoms with Gasteiger partial charge in [-0.1, -0.05) is 0 Å². The topological polar surface area (TPSA) is 78.9 Å². The minimum atomic E-state index is -0.748. The molecule has 0 bridgehead atoms. The first-order valence-electron chi connectivity index (χ1n) is 3.58. The van der Waals surface area contributed by atoms with Crippen molar-refractivity contribution in [3.8, 4) is 0 Å². The molecule has 1 rings (SSSR count). The van der Waals surface area contributed by atoms with Crippen LogP contribution in [0.5, 0.6) is 0 Å². The largest absolute Gasteiger partial charge is 0.447 e. The number of cyclic esters (lactones) is 1. The van der Waals surface area contributed by atoms with Gasteiger partial charge in [0.25, 0.3) is 5.91 Å². The number of hydroxylamine groups is 2. The van der Waals surface area contributed by atoms with Crippen molar-refractivity contribution in [1.29, 1.82) is 0 Å². The first-order chi connectivity index (χ1) is 5.65. The van der Waals surface area contributed by atoms with Crippen molar-refractivity contribution in [2.75, 3.05) is 13.2 Å². The molecule has 1 heterocycles. The number of carbonyl (C=O) groups is 2. The highest BCUT2D eigenvalue weighted by molar-refractivity contribution is 5.87. The highest BCUT2D eigenvalue weighted by atomic mass is 16.6. The molecule has 1 aliphatic heterocycles. The van der Waals surface area contributed by atoms with Crippen LogP contribution >= 0.6 is 0 Å². The van der Waals surface area contributed by atoms with Gasteiger partial charge < -0.3 is 10.1 Å². The number of ether oxygens (including phenoxy) is 1. The van der Waals surface area contributed by atoms with E-state index >= 15 is 0 Å². The van der Waals surface area contributed by atoms with Gasteiger partial charge in [-0.2, -0.15) is 0 Å². The van der Waals surface area contributed by atoms with E-state index in [2.05, 4.69) is 10.1 Å². The number of hydrogen-bond acceptors (Lipinski definition) is 4. The lowest BCUT2D eigenvalue weighted by molar-refractivity contribution is -0.166. The van der Waals surface area contributed by atoms with Crippen molar-refractivity contribution in [2.24, 2.45) is 0 Å². The number of carbonyl (C=O) groups excluding carboxylic acids is 2. The second-order valence-electron chi connectivity index (χ2n) is 2.35. The van der Waals surface area contributed by atoms with E-state index in [9.17, 15) is 9.59 Å². The summed E-state index contributed by atoms with van der Waals surface area (Å²) in [4.78, 5) is 21.6. The normalized spacial score (nSPS) is 21.5. The zero-order chi connectivity index (χ0) is 9.14. The zero-order valence-corrected chi connectivity index (χ0v) is 6.61. The van der Waals surface area contributed by atoms with Crippen LogP contribution in [-0.2, 0) is 9.53 Å². The Kier molecular flexibility index (Phi) is 2.49. The van der Waals surface area contributed by atoms with Gasteiger partial charge in [0.1, 0.15) is 12.6 Å². The molecule has 0 aliphatic carbocycles. The highest BCUT2D eigenvalue weighted by Gasteiger charge is 2.31. The van der Waals surface area contributed by atoms with Crippen molar-refractivity contribution < 1.29 is 19.5 Å². The number of alkyl carbamates (subject to hydrolysis) is 1. The van der Waals surface area contributed by atoms with Crippen molar-refractivity contribution in [1.82, 2.24) is 10.4 Å². The molecule has 1 atom stereocenters. The summed E-state index contributed by atoms with van der Waals surface area (Å²) in [6.45, 7) is 1.79. The first-order valence-corrected chi connectivity index (χ1v) is 3.58. The van der Waals surface area contributed by atoms with Crippen LogP contribution < -0.4 is 5.32 Å². The molecule has 1 unspecified atom stereocenters. The van der Waals surface area contributed by atoms with Gasteiger partial charge in [-0.15, -0.1) is 0 Å². The molecule has 12 heavy (non-hydrogen) atoms. The average Bonchev–Trinajstić information content (AvgIpc) is 2.49. The molecule has 0 aromatic heterocycles. The number of rotatable bonds is 2. The second kappa shape index (κ2) is 3.40. The lowest BCUT2D eigenvalue weighted by Crippen LogP contribution is -2.43. The number of nitrogens with one attached hydrogen (secondary N) is 1. The Labute approximate surface area is 69.1 Å². The zero-order valence-electron chi connectivity index (χ0n) is 6.61. The number of nitrogens with zero attached hydrogens (tertiary/aromatic N) is 1. The van der Waals surface area contributed by atoms with E-state index in [1.54, 1.807) is 6.92 Å². The third-order valence-corrected chi connectivity index (χ3v) is 1.53. The predicted octanol–water partition coefficient (Wildman–Crippen LogP) is -0.668. The molecule has 0 aromatic carbocycles. The maximum Gasteiger partial charge on any atom is 0.407 e. The Morgan fingerprint density at radius 1 is 1.92 bits per heavy atom. The van der Waals surface area contributed by atoms with Gasteiger partial charge in [-0.05, 0) is 6.92 Å². The Bertz CT molecular complexity index is 206. The van der Waals surface area contributed by atoms with E-state index in [4.69, 9.17) is 5.21 Å². The Balaban J connectivity index is 2.48. The summed E-state index contributed by atoms with van der Waals surface area (Å²) in [5.41, 5.74) is 0. The maximum absolute atomic E-state index is 11.1. The van der Waals surface area contributed by atoms with Crippen molar-refractivity contribution in [3.05, 3.63) is 0 Å². The summed E-state index contributed by atoms with van der Waals surface area (Å²) in [7, 11) is 0. The quantitative estimate of drug-likeness (QED) is 0.430. The van der Waals surface area contributed by atoms with Gasteiger partial charge in [0.05, 0.1) is 0 Å². The highest BCUT2D eigenvalue weighted by Crippen LogP contribution is 2.00. The van der Waals surface area contributed by atoms with E-state index in [0.717, 1.165) is 0 Å². The van der Waals surface area contributed by atoms with Gasteiger partial charge in [0, 0.05) is 6.54 Å². The molecule has 0 spiro atoms. The Morgan fingerprint density at radius 3 is 3.00 bits per heavy atom. The Morgan fingerprint density at radius 2 is 2.58 bits per heavy atom. The van der Waals surface area contributed by atoms with Crippen LogP contribution in [0.3, 0.4) is 0 Å². The van der Waals surface area contributed by atoms with Crippen molar-refractivity contribution in [3.63, 3.8) is 0 Å². The third kappa shape index (κ3) is 1.65. The van der Waals surface area contributed by atoms with Gasteiger partial charge in [0.2, 0.25) is 0 Å². The van der Waals surface area contributed by atoms with E-state index < -0.39 is 18.0 Å². The molecule has 6 heteroatoms. The molecule has 1 saturated heterocycles. The van der Waals surface area contributed by atoms with Crippen molar-refractivity contribution >= 4 is 12.0 Å². The summed E-state index contributed by atoms with van der Waals surface area (Å²) < 4.78 is 4.47. The standard InChI is InChI=1S/C6H10N2O4/c1-2-8(11)5(9)4-3-12-6(10)7-4/h4,11H,2-3H2,1H3,(H,7,10). The molecule has 1 aliphatic rings. The molecule has 0 radical (unpaired) electrons. The molecular formula is C6H10N2O4. The van der Waals surface area contributed by atoms with Crippen LogP contribution in [0, 0.1) is 0 Å². The number of hydrogen-bond donors (Lipinski definition) is 2. The third-order valence-electron chi connectivity index (χ3n) is 1.53. The fourth-order valence-corrected chi connectivity index (χ4v) is 0.853. The SMILES string of the molecule is CCN(O)C(=O)C1COC(=O)N1. The fourth-order valence-electron chi connectivity index (χ4n) is 0.853. The molecule has 2 N–H and O–H groups in total. The summed E-state index contributed by atoms with van der Waals surface area (Å²) in [6, 6.07) is -0.748. The molecule has 2 amide bonds. The van der Waals surface area contributed by atoms with E-state index in [0.29, 0.717) is 5.06 Å². The number of likely N-dealkylation sites (N-methyl/N-ethyl adjacent to an activating group) is 1. The minimum Gasteiger partial charge on any atom is -0.447 e. The van der Waals surface area contributed by atoms with E-state index in [1.165, 1.54) is 0 Å². The summed E-state index contributed by atoms with van der Waals surface area (Å²) >= 11 is 0. The molecule has 0 saturated carbocycles. The molecule has 1 fully saturated rings. The number of amides is 2. The molecule has 6 nitrogen and oxygen atoms in total. The lowest BCUT2D eigenvalue weighted by Gasteiger charge is -2.14. The molecular weight excluding hydrogens is 164 g/mol. The predicted molar refractivity (Wildman–Crippen MR) is 37.4 cm³/mol. The Hall–Kier alpha value is -1.30. The van der Waals surface area contributed by atoms with Gasteiger partial charge in [-0.3, -0.25) is 10.0 Å². The van der Waals surface area contributed by atoms with E-state index in [1.807, 2.05) is 0 Å². The molecule has 68 valence electrons. The summed E-state index contributed by atoms with van der Waals surface area (Å²) in [6.07, 6.45) is -0.627. The smallest absolute Gasteiger partial charge is 0.407 e. The van der Waals surface area contributed by atoms with Crippen LogP contribution in [0.2, 0.25) is 0 Å².